The molecule has 18 heavy (non-hydrogen) atoms. The zero-order valence-electron chi connectivity index (χ0n) is 12.0. The minimum atomic E-state index is 0.294. The lowest BCUT2D eigenvalue weighted by Gasteiger charge is -2.24. The number of halogens is 1. The molecule has 0 heterocycles. The van der Waals surface area contributed by atoms with Crippen molar-refractivity contribution in [2.75, 3.05) is 12.3 Å². The van der Waals surface area contributed by atoms with E-state index in [-0.39, 0.29) is 0 Å². The largest absolute Gasteiger partial charge is 0.310 e. The van der Waals surface area contributed by atoms with Gasteiger partial charge in [-0.1, -0.05) is 51.4 Å². The second-order valence-electron chi connectivity index (χ2n) is 5.54. The Balaban J connectivity index is 2.80. The Morgan fingerprint density at radius 3 is 2.50 bits per heavy atom. The molecule has 3 heteroatoms. The maximum Gasteiger partial charge on any atom is 0.0438 e. The molecule has 1 nitrogen and oxygen atoms in total. The lowest BCUT2D eigenvalue weighted by Crippen LogP contribution is -2.25. The number of hydrogen-bond donors (Lipinski definition) is 1. The van der Waals surface area contributed by atoms with Crippen LogP contribution in [0.4, 0.5) is 0 Å². The van der Waals surface area contributed by atoms with Crippen molar-refractivity contribution < 1.29 is 0 Å². The Kier molecular flexibility index (Phi) is 6.03. The average molecular weight is 286 g/mol. The smallest absolute Gasteiger partial charge is 0.0438 e. The Morgan fingerprint density at radius 2 is 2.00 bits per heavy atom. The third-order valence-corrected chi connectivity index (χ3v) is 4.51. The molecule has 0 saturated carbocycles. The van der Waals surface area contributed by atoms with Crippen LogP contribution in [0, 0.1) is 6.92 Å². The minimum Gasteiger partial charge on any atom is -0.310 e. The SMILES string of the molecule is CCNC(CSC(C)(C)C)c1ccc(C)c(Cl)c1. The fourth-order valence-corrected chi connectivity index (χ4v) is 2.84. The molecule has 0 saturated heterocycles. The number of rotatable bonds is 5. The standard InChI is InChI=1S/C15H24ClNS/c1-6-17-14(10-18-15(3,4)5)12-8-7-11(2)13(16)9-12/h7-9,14,17H,6,10H2,1-5H3. The van der Waals surface area contributed by atoms with Crippen LogP contribution in [-0.4, -0.2) is 17.0 Å². The molecule has 0 aliphatic carbocycles. The van der Waals surface area contributed by atoms with Crippen molar-refractivity contribution in [3.8, 4) is 0 Å². The topological polar surface area (TPSA) is 12.0 Å². The third kappa shape index (κ3) is 5.21. The summed E-state index contributed by atoms with van der Waals surface area (Å²) in [7, 11) is 0. The van der Waals surface area contributed by atoms with Gasteiger partial charge in [0, 0.05) is 21.6 Å². The van der Waals surface area contributed by atoms with Crippen LogP contribution in [0.15, 0.2) is 18.2 Å². The second kappa shape index (κ2) is 6.83. The molecule has 1 aromatic carbocycles. The van der Waals surface area contributed by atoms with E-state index in [1.54, 1.807) is 0 Å². The van der Waals surface area contributed by atoms with E-state index >= 15 is 0 Å². The van der Waals surface area contributed by atoms with Crippen LogP contribution in [-0.2, 0) is 0 Å². The second-order valence-corrected chi connectivity index (χ2v) is 7.80. The molecule has 1 N–H and O–H groups in total. The summed E-state index contributed by atoms with van der Waals surface area (Å²) in [6.07, 6.45) is 0. The van der Waals surface area contributed by atoms with Gasteiger partial charge in [-0.25, -0.2) is 0 Å². The molecule has 0 aliphatic rings. The van der Waals surface area contributed by atoms with Crippen molar-refractivity contribution in [3.05, 3.63) is 34.3 Å². The number of hydrogen-bond acceptors (Lipinski definition) is 2. The summed E-state index contributed by atoms with van der Waals surface area (Å²) < 4.78 is 0.294. The molecule has 0 fully saturated rings. The first kappa shape index (κ1) is 15.9. The number of nitrogens with one attached hydrogen (secondary N) is 1. The molecule has 0 bridgehead atoms. The molecule has 0 spiro atoms. The zero-order valence-corrected chi connectivity index (χ0v) is 13.6. The highest BCUT2D eigenvalue weighted by molar-refractivity contribution is 8.00. The highest BCUT2D eigenvalue weighted by Crippen LogP contribution is 2.29. The van der Waals surface area contributed by atoms with Crippen LogP contribution in [0.25, 0.3) is 0 Å². The molecular formula is C15H24ClNS. The van der Waals surface area contributed by atoms with E-state index < -0.39 is 0 Å². The van der Waals surface area contributed by atoms with Crippen molar-refractivity contribution >= 4 is 23.4 Å². The van der Waals surface area contributed by atoms with Crippen molar-refractivity contribution in [1.29, 1.82) is 0 Å². The van der Waals surface area contributed by atoms with Gasteiger partial charge in [-0.15, -0.1) is 0 Å². The predicted octanol–water partition coefficient (Wildman–Crippen LogP) is 4.83. The Hall–Kier alpha value is -0.180. The van der Waals surface area contributed by atoms with Gasteiger partial charge in [-0.05, 0) is 30.7 Å². The maximum absolute atomic E-state index is 6.21. The Bertz CT molecular complexity index is 385. The predicted molar refractivity (Wildman–Crippen MR) is 84.8 cm³/mol. The van der Waals surface area contributed by atoms with Crippen molar-refractivity contribution in [1.82, 2.24) is 5.32 Å². The van der Waals surface area contributed by atoms with E-state index in [9.17, 15) is 0 Å². The quantitative estimate of drug-likeness (QED) is 0.831. The van der Waals surface area contributed by atoms with Crippen LogP contribution in [0.2, 0.25) is 5.02 Å². The van der Waals surface area contributed by atoms with Gasteiger partial charge in [0.15, 0.2) is 0 Å². The maximum atomic E-state index is 6.21. The molecule has 0 amide bonds. The summed E-state index contributed by atoms with van der Waals surface area (Å²) in [6, 6.07) is 6.74. The monoisotopic (exact) mass is 285 g/mol. The van der Waals surface area contributed by atoms with Crippen molar-refractivity contribution in [2.45, 2.75) is 45.4 Å². The van der Waals surface area contributed by atoms with Gasteiger partial charge in [-0.2, -0.15) is 11.8 Å². The van der Waals surface area contributed by atoms with E-state index in [1.165, 1.54) is 5.56 Å². The van der Waals surface area contributed by atoms with Crippen LogP contribution in [0.1, 0.15) is 44.9 Å². The highest BCUT2D eigenvalue weighted by atomic mass is 35.5. The fraction of sp³-hybridized carbons (Fsp3) is 0.600. The first-order valence-electron chi connectivity index (χ1n) is 6.47. The summed E-state index contributed by atoms with van der Waals surface area (Å²) in [6.45, 7) is 11.9. The molecule has 1 unspecified atom stereocenters. The molecule has 0 aliphatic heterocycles. The van der Waals surface area contributed by atoms with Gasteiger partial charge in [-0.3, -0.25) is 0 Å². The number of aryl methyl sites for hydroxylation is 1. The normalized spacial score (nSPS) is 13.7. The summed E-state index contributed by atoms with van der Waals surface area (Å²) in [5.74, 6) is 1.07. The zero-order chi connectivity index (χ0) is 13.8. The van der Waals surface area contributed by atoms with Gasteiger partial charge in [0.25, 0.3) is 0 Å². The van der Waals surface area contributed by atoms with E-state index in [0.29, 0.717) is 10.8 Å². The molecule has 0 radical (unpaired) electrons. The van der Waals surface area contributed by atoms with Gasteiger partial charge in [0.2, 0.25) is 0 Å². The van der Waals surface area contributed by atoms with Crippen LogP contribution >= 0.6 is 23.4 Å². The number of thioether (sulfide) groups is 1. The van der Waals surface area contributed by atoms with Crippen molar-refractivity contribution in [2.24, 2.45) is 0 Å². The summed E-state index contributed by atoms with van der Waals surface area (Å²) in [5, 5.41) is 4.40. The third-order valence-electron chi connectivity index (χ3n) is 2.73. The summed E-state index contributed by atoms with van der Waals surface area (Å²) in [5.41, 5.74) is 2.42. The molecular weight excluding hydrogens is 262 g/mol. The fourth-order valence-electron chi connectivity index (χ4n) is 1.68. The van der Waals surface area contributed by atoms with Gasteiger partial charge in [0.05, 0.1) is 0 Å². The summed E-state index contributed by atoms with van der Waals surface area (Å²) in [4.78, 5) is 0. The van der Waals surface area contributed by atoms with E-state index in [1.807, 2.05) is 18.7 Å². The van der Waals surface area contributed by atoms with Crippen LogP contribution in [0.3, 0.4) is 0 Å². The molecule has 1 aromatic rings. The van der Waals surface area contributed by atoms with E-state index in [4.69, 9.17) is 11.6 Å². The molecule has 102 valence electrons. The first-order chi connectivity index (χ1) is 8.33. The minimum absolute atomic E-state index is 0.294. The Labute approximate surface area is 121 Å². The lowest BCUT2D eigenvalue weighted by molar-refractivity contribution is 0.603. The first-order valence-corrected chi connectivity index (χ1v) is 7.83. The van der Waals surface area contributed by atoms with Gasteiger partial charge >= 0.3 is 0 Å². The average Bonchev–Trinajstić information content (AvgIpc) is 2.27. The number of benzene rings is 1. The Morgan fingerprint density at radius 1 is 1.33 bits per heavy atom. The van der Waals surface area contributed by atoms with E-state index in [2.05, 4.69) is 51.2 Å². The summed E-state index contributed by atoms with van der Waals surface area (Å²) >= 11 is 8.19. The molecule has 1 atom stereocenters. The highest BCUT2D eigenvalue weighted by Gasteiger charge is 2.17. The van der Waals surface area contributed by atoms with Crippen molar-refractivity contribution in [3.63, 3.8) is 0 Å². The molecule has 1 rings (SSSR count). The van der Waals surface area contributed by atoms with E-state index in [0.717, 1.165) is 22.9 Å². The van der Waals surface area contributed by atoms with Crippen LogP contribution < -0.4 is 5.32 Å². The molecule has 0 aromatic heterocycles. The lowest BCUT2D eigenvalue weighted by atomic mass is 10.1. The van der Waals surface area contributed by atoms with Gasteiger partial charge in [0.1, 0.15) is 0 Å². The van der Waals surface area contributed by atoms with Gasteiger partial charge < -0.3 is 5.32 Å². The van der Waals surface area contributed by atoms with Crippen LogP contribution in [0.5, 0.6) is 0 Å².